The molecule has 0 bridgehead atoms. The van der Waals surface area contributed by atoms with Crippen LogP contribution in [0.4, 0.5) is 15.0 Å². The molecule has 1 fully saturated rings. The summed E-state index contributed by atoms with van der Waals surface area (Å²) in [5.74, 6) is -0.381. The van der Waals surface area contributed by atoms with Crippen molar-refractivity contribution in [1.29, 1.82) is 0 Å². The summed E-state index contributed by atoms with van der Waals surface area (Å²) in [6, 6.07) is 5.66. The van der Waals surface area contributed by atoms with Crippen LogP contribution in [-0.4, -0.2) is 46.8 Å². The Kier molecular flexibility index (Phi) is 8.04. The lowest BCUT2D eigenvalue weighted by atomic mass is 10.0. The number of hydrogen-bond donors (Lipinski definition) is 2. The molecule has 3 N–H and O–H groups in total. The van der Waals surface area contributed by atoms with E-state index in [0.29, 0.717) is 17.2 Å². The van der Waals surface area contributed by atoms with Gasteiger partial charge in [0.05, 0.1) is 24.8 Å². The van der Waals surface area contributed by atoms with E-state index in [2.05, 4.69) is 10.1 Å². The summed E-state index contributed by atoms with van der Waals surface area (Å²) in [5.41, 5.74) is 9.70. The van der Waals surface area contributed by atoms with Crippen molar-refractivity contribution in [3.05, 3.63) is 58.8 Å². The van der Waals surface area contributed by atoms with Crippen LogP contribution in [0, 0.1) is 5.82 Å². The maximum Gasteiger partial charge on any atom is 0.410 e. The number of aryl methyl sites for hydroxylation is 1. The van der Waals surface area contributed by atoms with Gasteiger partial charge in [-0.1, -0.05) is 6.07 Å². The minimum Gasteiger partial charge on any atom is -0.482 e. The number of rotatable bonds is 8. The van der Waals surface area contributed by atoms with Crippen LogP contribution in [0.1, 0.15) is 79.9 Å². The van der Waals surface area contributed by atoms with E-state index < -0.39 is 29.6 Å². The van der Waals surface area contributed by atoms with Gasteiger partial charge in [0.1, 0.15) is 23.2 Å². The largest absolute Gasteiger partial charge is 0.482 e. The molecule has 0 aliphatic heterocycles. The summed E-state index contributed by atoms with van der Waals surface area (Å²) in [6.07, 6.45) is 2.69. The fraction of sp³-hybridized carbons (Fsp3) is 0.448. The molecule has 0 saturated heterocycles. The molecule has 1 saturated carbocycles. The number of aromatic nitrogens is 3. The Morgan fingerprint density at radius 2 is 1.98 bits per heavy atom. The summed E-state index contributed by atoms with van der Waals surface area (Å²) in [5, 5.41) is 3.39. The number of pyridine rings is 1. The molecule has 0 radical (unpaired) electrons. The Balaban J connectivity index is 1.69. The summed E-state index contributed by atoms with van der Waals surface area (Å²) in [4.78, 5) is 30.9. The van der Waals surface area contributed by atoms with E-state index in [1.807, 2.05) is 32.5 Å². The fourth-order valence-corrected chi connectivity index (χ4v) is 4.66. The van der Waals surface area contributed by atoms with Crippen molar-refractivity contribution in [3.8, 4) is 16.9 Å². The molecule has 1 aromatic carbocycles. The van der Waals surface area contributed by atoms with Crippen molar-refractivity contribution in [3.63, 3.8) is 0 Å². The monoisotopic (exact) mass is 554 g/mol. The van der Waals surface area contributed by atoms with Gasteiger partial charge in [-0.15, -0.1) is 4.68 Å². The predicted molar refractivity (Wildman–Crippen MR) is 146 cm³/mol. The highest BCUT2D eigenvalue weighted by molar-refractivity contribution is 5.91. The molecule has 10 nitrogen and oxygen atoms in total. The standard InChI is InChI=1S/C29H36FN5O5/c1-16(20-11-10-19(30)13-21(20)27(36)38-7)39-23-12-18(14-32-26(23)31)24-22(33-35(6)25(24)17-8-9-17)15-34(5)28(37)40-29(2,3)4/h10-14,16-17H,8-9,15H2,1-7H3,(H2,31,32)/p+1. The van der Waals surface area contributed by atoms with Crippen molar-refractivity contribution in [2.75, 3.05) is 19.9 Å². The van der Waals surface area contributed by atoms with Gasteiger partial charge in [0.25, 0.3) is 0 Å². The van der Waals surface area contributed by atoms with E-state index in [-0.39, 0.29) is 17.9 Å². The zero-order chi connectivity index (χ0) is 29.4. The average Bonchev–Trinajstić information content (AvgIpc) is 3.66. The van der Waals surface area contributed by atoms with E-state index >= 15 is 0 Å². The maximum absolute atomic E-state index is 13.9. The number of benzene rings is 1. The van der Waals surface area contributed by atoms with Crippen molar-refractivity contribution in [2.45, 2.75) is 64.7 Å². The average molecular weight is 555 g/mol. The van der Waals surface area contributed by atoms with Crippen LogP contribution in [0.25, 0.3) is 11.1 Å². The second-order valence-corrected chi connectivity index (χ2v) is 11.1. The number of amides is 1. The first kappa shape index (κ1) is 28.8. The van der Waals surface area contributed by atoms with E-state index in [1.54, 1.807) is 26.2 Å². The van der Waals surface area contributed by atoms with Gasteiger partial charge < -0.3 is 24.8 Å². The number of halogens is 1. The molecule has 1 amide bonds. The molecule has 2 aromatic heterocycles. The summed E-state index contributed by atoms with van der Waals surface area (Å²) in [6.45, 7) is 7.49. The highest BCUT2D eigenvalue weighted by atomic mass is 19.1. The van der Waals surface area contributed by atoms with Crippen molar-refractivity contribution in [1.82, 2.24) is 15.0 Å². The highest BCUT2D eigenvalue weighted by Gasteiger charge is 2.39. The van der Waals surface area contributed by atoms with Gasteiger partial charge in [-0.05, 0) is 58.7 Å². The molecule has 214 valence electrons. The Morgan fingerprint density at radius 1 is 1.27 bits per heavy atom. The van der Waals surface area contributed by atoms with Gasteiger partial charge in [0.15, 0.2) is 18.6 Å². The molecule has 1 aliphatic carbocycles. The van der Waals surface area contributed by atoms with Gasteiger partial charge in [0, 0.05) is 30.3 Å². The molecule has 11 heteroatoms. The predicted octanol–water partition coefficient (Wildman–Crippen LogP) is 4.79. The van der Waals surface area contributed by atoms with Crippen LogP contribution in [0.2, 0.25) is 0 Å². The van der Waals surface area contributed by atoms with Crippen molar-refractivity contribution in [2.24, 2.45) is 7.05 Å². The number of nitrogens with two attached hydrogens (primary N) is 1. The van der Waals surface area contributed by atoms with Gasteiger partial charge in [-0.3, -0.25) is 0 Å². The number of ether oxygens (including phenoxy) is 3. The Labute approximate surface area is 233 Å². The third kappa shape index (κ3) is 6.35. The third-order valence-corrected chi connectivity index (χ3v) is 6.62. The van der Waals surface area contributed by atoms with Crippen LogP contribution in [-0.2, 0) is 23.1 Å². The van der Waals surface area contributed by atoms with Crippen LogP contribution in [0.5, 0.6) is 5.75 Å². The van der Waals surface area contributed by atoms with E-state index in [9.17, 15) is 14.0 Å². The number of H-pyrrole nitrogens is 1. The van der Waals surface area contributed by atoms with E-state index in [0.717, 1.165) is 41.4 Å². The smallest absolute Gasteiger partial charge is 0.410 e. The van der Waals surface area contributed by atoms with E-state index in [4.69, 9.17) is 19.9 Å². The number of esters is 1. The number of nitrogens with one attached hydrogen (secondary N) is 1. The zero-order valence-corrected chi connectivity index (χ0v) is 24.0. The summed E-state index contributed by atoms with van der Waals surface area (Å²) >= 11 is 0. The molecule has 0 spiro atoms. The van der Waals surface area contributed by atoms with Crippen LogP contribution in [0.3, 0.4) is 0 Å². The Hall–Kier alpha value is -4.15. The molecular weight excluding hydrogens is 517 g/mol. The molecule has 1 atom stereocenters. The normalized spacial score (nSPS) is 14.0. The minimum absolute atomic E-state index is 0.0684. The van der Waals surface area contributed by atoms with E-state index in [1.165, 1.54) is 24.1 Å². The van der Waals surface area contributed by atoms with Crippen molar-refractivity contribution < 1.29 is 32.9 Å². The molecule has 4 rings (SSSR count). The molecule has 40 heavy (non-hydrogen) atoms. The quantitative estimate of drug-likeness (QED) is 0.303. The summed E-state index contributed by atoms with van der Waals surface area (Å²) in [7, 11) is 4.87. The minimum atomic E-state index is -0.669. The number of nitrogens with zero attached hydrogens (tertiary/aromatic N) is 3. The van der Waals surface area contributed by atoms with Gasteiger partial charge in [-0.2, -0.15) is 5.10 Å². The number of carbonyl (C=O) groups excluding carboxylic acids is 2. The Morgan fingerprint density at radius 3 is 2.60 bits per heavy atom. The fourth-order valence-electron chi connectivity index (χ4n) is 4.66. The molecule has 1 unspecified atom stereocenters. The topological polar surface area (TPSA) is 124 Å². The number of methoxy groups -OCH3 is 1. The molecule has 2 heterocycles. The zero-order valence-electron chi connectivity index (χ0n) is 24.0. The lowest BCUT2D eigenvalue weighted by Crippen LogP contribution is -2.36. The van der Waals surface area contributed by atoms with Crippen LogP contribution >= 0.6 is 0 Å². The Bertz CT molecular complexity index is 1430. The SMILES string of the molecule is COC(=O)c1cc(F)ccc1C(C)Oc1cc(-c2c(CN(C)C(=O)OC(C)(C)C)[nH][n+](C)c2C2CC2)cnc1N. The molecular formula is C29H37FN5O5+. The van der Waals surface area contributed by atoms with Crippen molar-refractivity contribution >= 4 is 17.9 Å². The molecule has 1 aliphatic rings. The maximum atomic E-state index is 13.9. The third-order valence-electron chi connectivity index (χ3n) is 6.62. The second kappa shape index (κ2) is 11.1. The van der Waals surface area contributed by atoms with Crippen LogP contribution in [0.15, 0.2) is 30.5 Å². The number of hydrogen-bond acceptors (Lipinski definition) is 7. The molecule has 3 aromatic rings. The lowest BCUT2D eigenvalue weighted by molar-refractivity contribution is -0.734. The van der Waals surface area contributed by atoms with Gasteiger partial charge >= 0.3 is 12.1 Å². The highest BCUT2D eigenvalue weighted by Crippen LogP contribution is 2.44. The summed E-state index contributed by atoms with van der Waals surface area (Å²) < 4.78 is 32.4. The first-order chi connectivity index (χ1) is 18.8. The number of aromatic amines is 1. The number of nitrogen functional groups attached to an aromatic ring is 1. The first-order valence-corrected chi connectivity index (χ1v) is 13.1. The van der Waals surface area contributed by atoms with Gasteiger partial charge in [-0.25, -0.2) is 19.0 Å². The first-order valence-electron chi connectivity index (χ1n) is 13.1. The van der Waals surface area contributed by atoms with Gasteiger partial charge in [0.2, 0.25) is 5.69 Å². The number of carbonyl (C=O) groups is 2. The lowest BCUT2D eigenvalue weighted by Gasteiger charge is -2.24. The second-order valence-electron chi connectivity index (χ2n) is 11.1. The van der Waals surface area contributed by atoms with Crippen LogP contribution < -0.4 is 15.2 Å². The number of anilines is 1.